The van der Waals surface area contributed by atoms with E-state index in [1.165, 1.54) is 5.56 Å². The maximum Gasteiger partial charge on any atom is 0.267 e. The van der Waals surface area contributed by atoms with Crippen LogP contribution < -0.4 is 20.1 Å². The Bertz CT molecular complexity index is 1170. The minimum Gasteiger partial charge on any atom is -0.494 e. The molecule has 0 aliphatic heterocycles. The van der Waals surface area contributed by atoms with Gasteiger partial charge in [-0.1, -0.05) is 42.5 Å². The third kappa shape index (κ3) is 9.75. The van der Waals surface area contributed by atoms with Crippen LogP contribution in [0.15, 0.2) is 84.6 Å². The molecule has 0 spiro atoms. The molecule has 200 valence electrons. The molecule has 0 heterocycles. The fourth-order valence-corrected chi connectivity index (χ4v) is 3.67. The van der Waals surface area contributed by atoms with Gasteiger partial charge in [0, 0.05) is 12.1 Å². The third-order valence-corrected chi connectivity index (χ3v) is 5.54. The molecule has 3 N–H and O–H groups in total. The van der Waals surface area contributed by atoms with Gasteiger partial charge < -0.3 is 25.2 Å². The molecule has 7 nitrogen and oxygen atoms in total. The highest BCUT2D eigenvalue weighted by Gasteiger charge is 2.15. The number of aliphatic hydroxyl groups excluding tert-OH is 1. The van der Waals surface area contributed by atoms with Crippen LogP contribution in [0.4, 0.5) is 0 Å². The summed E-state index contributed by atoms with van der Waals surface area (Å²) in [5.74, 6) is 0.474. The molecular formula is C31H36N2O5. The van der Waals surface area contributed by atoms with Gasteiger partial charge in [-0.2, -0.15) is 0 Å². The molecule has 0 saturated heterocycles. The van der Waals surface area contributed by atoms with E-state index in [4.69, 9.17) is 14.6 Å². The highest BCUT2D eigenvalue weighted by Crippen LogP contribution is 2.17. The van der Waals surface area contributed by atoms with Crippen LogP contribution in [0, 0.1) is 0 Å². The summed E-state index contributed by atoms with van der Waals surface area (Å²) < 4.78 is 11.5. The Balaban J connectivity index is 1.57. The molecule has 0 saturated carbocycles. The van der Waals surface area contributed by atoms with E-state index in [0.29, 0.717) is 29.2 Å². The summed E-state index contributed by atoms with van der Waals surface area (Å²) in [6, 6.07) is 24.4. The largest absolute Gasteiger partial charge is 0.494 e. The first-order valence-corrected chi connectivity index (χ1v) is 12.9. The van der Waals surface area contributed by atoms with Crippen molar-refractivity contribution in [3.63, 3.8) is 0 Å². The summed E-state index contributed by atoms with van der Waals surface area (Å²) in [6.07, 6.45) is 4.61. The summed E-state index contributed by atoms with van der Waals surface area (Å²) in [6.45, 7) is 4.35. The van der Waals surface area contributed by atoms with E-state index in [1.54, 1.807) is 54.6 Å². The van der Waals surface area contributed by atoms with Gasteiger partial charge in [0.1, 0.15) is 17.2 Å². The van der Waals surface area contributed by atoms with Gasteiger partial charge in [0.15, 0.2) is 0 Å². The molecule has 0 aliphatic carbocycles. The minimum atomic E-state index is -0.495. The number of ether oxygens (including phenoxy) is 2. The van der Waals surface area contributed by atoms with Gasteiger partial charge in [0.25, 0.3) is 11.8 Å². The minimum absolute atomic E-state index is 0.0481. The summed E-state index contributed by atoms with van der Waals surface area (Å²) in [7, 11) is 0. The van der Waals surface area contributed by atoms with E-state index in [-0.39, 0.29) is 25.0 Å². The van der Waals surface area contributed by atoms with E-state index in [1.807, 2.05) is 32.0 Å². The lowest BCUT2D eigenvalue weighted by molar-refractivity contribution is -0.117. The van der Waals surface area contributed by atoms with Crippen molar-refractivity contribution >= 4 is 17.9 Å². The van der Waals surface area contributed by atoms with Gasteiger partial charge in [-0.25, -0.2) is 0 Å². The number of nitrogens with one attached hydrogen (secondary N) is 2. The van der Waals surface area contributed by atoms with Crippen LogP contribution in [0.3, 0.4) is 0 Å². The Morgan fingerprint density at radius 2 is 1.58 bits per heavy atom. The van der Waals surface area contributed by atoms with Crippen molar-refractivity contribution in [2.24, 2.45) is 0 Å². The molecular weight excluding hydrogens is 480 g/mol. The number of aliphatic hydroxyl groups is 1. The maximum atomic E-state index is 12.9. The third-order valence-electron chi connectivity index (χ3n) is 5.54. The number of carbonyl (C=O) groups is 2. The number of amides is 2. The normalized spacial score (nSPS) is 11.2. The zero-order chi connectivity index (χ0) is 27.2. The van der Waals surface area contributed by atoms with Crippen molar-refractivity contribution in [3.05, 3.63) is 101 Å². The molecule has 0 atom stereocenters. The van der Waals surface area contributed by atoms with Crippen molar-refractivity contribution in [3.8, 4) is 11.5 Å². The van der Waals surface area contributed by atoms with Crippen LogP contribution in [0.1, 0.15) is 48.2 Å². The van der Waals surface area contributed by atoms with Gasteiger partial charge in [-0.15, -0.1) is 0 Å². The number of rotatable bonds is 14. The van der Waals surface area contributed by atoms with Gasteiger partial charge in [0.2, 0.25) is 0 Å². The zero-order valence-corrected chi connectivity index (χ0v) is 22.0. The lowest BCUT2D eigenvalue weighted by atomic mass is 10.1. The molecule has 3 rings (SSSR count). The SMILES string of the molecule is CC(C)Oc1ccc(/C=C(/NC(=O)c2ccc(OCCCCc3ccccc3)cc2)C(=O)NCCO)cc1. The predicted molar refractivity (Wildman–Crippen MR) is 149 cm³/mol. The highest BCUT2D eigenvalue weighted by atomic mass is 16.5. The smallest absolute Gasteiger partial charge is 0.267 e. The molecule has 38 heavy (non-hydrogen) atoms. The number of carbonyl (C=O) groups excluding carboxylic acids is 2. The van der Waals surface area contributed by atoms with Crippen LogP contribution in [0.2, 0.25) is 0 Å². The van der Waals surface area contributed by atoms with Crippen molar-refractivity contribution in [1.82, 2.24) is 10.6 Å². The van der Waals surface area contributed by atoms with Crippen molar-refractivity contribution in [2.45, 2.75) is 39.2 Å². The van der Waals surface area contributed by atoms with E-state index < -0.39 is 11.8 Å². The van der Waals surface area contributed by atoms with Gasteiger partial charge >= 0.3 is 0 Å². The van der Waals surface area contributed by atoms with Gasteiger partial charge in [-0.05, 0) is 86.7 Å². The van der Waals surface area contributed by atoms with Crippen molar-refractivity contribution < 1.29 is 24.2 Å². The van der Waals surface area contributed by atoms with Crippen LogP contribution in [0.25, 0.3) is 6.08 Å². The lowest BCUT2D eigenvalue weighted by Gasteiger charge is -2.12. The van der Waals surface area contributed by atoms with Crippen molar-refractivity contribution in [2.75, 3.05) is 19.8 Å². The number of aryl methyl sites for hydroxylation is 1. The van der Waals surface area contributed by atoms with Crippen LogP contribution in [0.5, 0.6) is 11.5 Å². The van der Waals surface area contributed by atoms with E-state index in [2.05, 4.69) is 22.8 Å². The molecule has 3 aromatic rings. The molecule has 0 aliphatic rings. The first kappa shape index (κ1) is 28.5. The predicted octanol–water partition coefficient (Wildman–Crippen LogP) is 4.75. The summed E-state index contributed by atoms with van der Waals surface area (Å²) in [5, 5.41) is 14.3. The first-order chi connectivity index (χ1) is 18.4. The summed E-state index contributed by atoms with van der Waals surface area (Å²) in [4.78, 5) is 25.6. The van der Waals surface area contributed by atoms with Gasteiger partial charge in [-0.3, -0.25) is 9.59 Å². The second-order valence-corrected chi connectivity index (χ2v) is 9.04. The summed E-state index contributed by atoms with van der Waals surface area (Å²) >= 11 is 0. The van der Waals surface area contributed by atoms with E-state index in [0.717, 1.165) is 19.3 Å². The molecule has 3 aromatic carbocycles. The average molecular weight is 517 g/mol. The van der Waals surface area contributed by atoms with E-state index in [9.17, 15) is 9.59 Å². The molecule has 2 amide bonds. The summed E-state index contributed by atoms with van der Waals surface area (Å²) in [5.41, 5.74) is 2.49. The standard InChI is InChI=1S/C31H36N2O5/c1-23(2)38-28-15-11-25(12-16-28)22-29(31(36)32-19-20-34)33-30(35)26-13-17-27(18-14-26)37-21-7-6-10-24-8-4-3-5-9-24/h3-5,8-9,11-18,22-23,34H,6-7,10,19-21H2,1-2H3,(H,32,36)(H,33,35)/b29-22+. The fraction of sp³-hybridized carbons (Fsp3) is 0.290. The Morgan fingerprint density at radius 1 is 0.895 bits per heavy atom. The quantitative estimate of drug-likeness (QED) is 0.212. The molecule has 0 bridgehead atoms. The molecule has 0 radical (unpaired) electrons. The first-order valence-electron chi connectivity index (χ1n) is 12.9. The second kappa shape index (κ2) is 15.2. The zero-order valence-electron chi connectivity index (χ0n) is 22.0. The monoisotopic (exact) mass is 516 g/mol. The Kier molecular flexibility index (Phi) is 11.4. The number of unbranched alkanes of at least 4 members (excludes halogenated alkanes) is 1. The number of hydrogen-bond acceptors (Lipinski definition) is 5. The van der Waals surface area contributed by atoms with Crippen molar-refractivity contribution in [1.29, 1.82) is 0 Å². The number of hydrogen-bond donors (Lipinski definition) is 3. The average Bonchev–Trinajstić information content (AvgIpc) is 2.92. The Hall–Kier alpha value is -4.10. The topological polar surface area (TPSA) is 96.9 Å². The molecule has 0 aromatic heterocycles. The Labute approximate surface area is 224 Å². The lowest BCUT2D eigenvalue weighted by Crippen LogP contribution is -2.36. The highest BCUT2D eigenvalue weighted by molar-refractivity contribution is 6.05. The molecule has 7 heteroatoms. The van der Waals surface area contributed by atoms with Crippen LogP contribution in [-0.4, -0.2) is 42.8 Å². The Morgan fingerprint density at radius 3 is 2.24 bits per heavy atom. The van der Waals surface area contributed by atoms with Crippen LogP contribution in [-0.2, 0) is 11.2 Å². The number of benzene rings is 3. The second-order valence-electron chi connectivity index (χ2n) is 9.04. The fourth-order valence-electron chi connectivity index (χ4n) is 3.67. The molecule has 0 unspecified atom stereocenters. The molecule has 0 fully saturated rings. The van der Waals surface area contributed by atoms with Gasteiger partial charge in [0.05, 0.1) is 19.3 Å². The maximum absolute atomic E-state index is 12.9. The van der Waals surface area contributed by atoms with E-state index >= 15 is 0 Å². The van der Waals surface area contributed by atoms with Crippen LogP contribution >= 0.6 is 0 Å².